The SMILES string of the molecule is CCC(C(=O)N=O)n1cnc2c1CNC(=O)N2. The van der Waals surface area contributed by atoms with E-state index in [1.807, 2.05) is 0 Å². The van der Waals surface area contributed by atoms with E-state index < -0.39 is 11.9 Å². The van der Waals surface area contributed by atoms with Gasteiger partial charge in [-0.25, -0.2) is 9.78 Å². The lowest BCUT2D eigenvalue weighted by molar-refractivity contribution is -0.121. The highest BCUT2D eigenvalue weighted by molar-refractivity contribution is 5.91. The number of hydrogen-bond acceptors (Lipinski definition) is 4. The predicted octanol–water partition coefficient (Wildman–Crippen LogP) is 0.762. The molecule has 3 amide bonds. The smallest absolute Gasteiger partial charge is 0.320 e. The number of urea groups is 1. The van der Waals surface area contributed by atoms with Crippen molar-refractivity contribution >= 4 is 17.8 Å². The Morgan fingerprint density at radius 3 is 3.12 bits per heavy atom. The van der Waals surface area contributed by atoms with Gasteiger partial charge in [-0.2, -0.15) is 0 Å². The van der Waals surface area contributed by atoms with Crippen LogP contribution in [0.15, 0.2) is 11.5 Å². The van der Waals surface area contributed by atoms with Crippen LogP contribution in [-0.4, -0.2) is 21.5 Å². The number of hydrogen-bond donors (Lipinski definition) is 2. The molecule has 90 valence electrons. The van der Waals surface area contributed by atoms with Crippen molar-refractivity contribution in [3.63, 3.8) is 0 Å². The molecular formula is C9H11N5O3. The largest absolute Gasteiger partial charge is 0.332 e. The molecule has 17 heavy (non-hydrogen) atoms. The van der Waals surface area contributed by atoms with Crippen molar-refractivity contribution in [1.29, 1.82) is 0 Å². The van der Waals surface area contributed by atoms with E-state index in [2.05, 4.69) is 20.8 Å². The van der Waals surface area contributed by atoms with E-state index in [0.717, 1.165) is 0 Å². The first-order chi connectivity index (χ1) is 8.17. The van der Waals surface area contributed by atoms with Crippen molar-refractivity contribution in [3.05, 3.63) is 16.9 Å². The van der Waals surface area contributed by atoms with Gasteiger partial charge in [0.1, 0.15) is 6.04 Å². The first-order valence-corrected chi connectivity index (χ1v) is 5.15. The lowest BCUT2D eigenvalue weighted by Crippen LogP contribution is -2.35. The minimum absolute atomic E-state index is 0.268. The van der Waals surface area contributed by atoms with E-state index in [0.29, 0.717) is 17.9 Å². The van der Waals surface area contributed by atoms with Gasteiger partial charge in [-0.3, -0.25) is 10.1 Å². The third-order valence-electron chi connectivity index (χ3n) is 2.64. The minimum atomic E-state index is -0.746. The lowest BCUT2D eigenvalue weighted by Gasteiger charge is -2.19. The molecule has 1 aromatic rings. The molecule has 0 bridgehead atoms. The number of anilines is 1. The van der Waals surface area contributed by atoms with Gasteiger partial charge < -0.3 is 9.88 Å². The van der Waals surface area contributed by atoms with Crippen LogP contribution in [-0.2, 0) is 11.3 Å². The summed E-state index contributed by atoms with van der Waals surface area (Å²) in [7, 11) is 0. The van der Waals surface area contributed by atoms with Gasteiger partial charge in [0, 0.05) is 5.18 Å². The average molecular weight is 237 g/mol. The second-order valence-electron chi connectivity index (χ2n) is 3.61. The molecule has 0 radical (unpaired) electrons. The molecule has 1 aliphatic rings. The summed E-state index contributed by atoms with van der Waals surface area (Å²) in [6.45, 7) is 2.04. The summed E-state index contributed by atoms with van der Waals surface area (Å²) in [5.41, 5.74) is 0.661. The van der Waals surface area contributed by atoms with Gasteiger partial charge in [0.15, 0.2) is 5.82 Å². The van der Waals surface area contributed by atoms with Gasteiger partial charge in [0.25, 0.3) is 0 Å². The van der Waals surface area contributed by atoms with Crippen molar-refractivity contribution in [2.75, 3.05) is 5.32 Å². The van der Waals surface area contributed by atoms with Crippen molar-refractivity contribution in [2.45, 2.75) is 25.9 Å². The third-order valence-corrected chi connectivity index (χ3v) is 2.64. The Kier molecular flexibility index (Phi) is 2.86. The van der Waals surface area contributed by atoms with Gasteiger partial charge in [-0.05, 0) is 6.42 Å². The maximum atomic E-state index is 11.4. The van der Waals surface area contributed by atoms with E-state index in [9.17, 15) is 14.5 Å². The van der Waals surface area contributed by atoms with Gasteiger partial charge in [-0.1, -0.05) is 6.92 Å². The molecule has 1 aliphatic heterocycles. The normalized spacial score (nSPS) is 15.5. The van der Waals surface area contributed by atoms with Crippen LogP contribution in [0.2, 0.25) is 0 Å². The summed E-state index contributed by atoms with van der Waals surface area (Å²) in [6.07, 6.45) is 1.86. The number of nitroso groups, excluding NO2 is 1. The molecule has 1 unspecified atom stereocenters. The Morgan fingerprint density at radius 1 is 1.71 bits per heavy atom. The van der Waals surface area contributed by atoms with Crippen LogP contribution in [0, 0.1) is 4.91 Å². The van der Waals surface area contributed by atoms with E-state index in [1.165, 1.54) is 6.33 Å². The van der Waals surface area contributed by atoms with E-state index in [-0.39, 0.29) is 12.6 Å². The Labute approximate surface area is 96.4 Å². The molecule has 0 spiro atoms. The summed E-state index contributed by atoms with van der Waals surface area (Å²) in [4.78, 5) is 36.7. The number of amides is 3. The molecule has 0 aromatic carbocycles. The van der Waals surface area contributed by atoms with Crippen molar-refractivity contribution in [1.82, 2.24) is 14.9 Å². The molecule has 2 heterocycles. The molecule has 1 aromatic heterocycles. The van der Waals surface area contributed by atoms with Crippen LogP contribution >= 0.6 is 0 Å². The zero-order valence-electron chi connectivity index (χ0n) is 9.14. The zero-order valence-corrected chi connectivity index (χ0v) is 9.14. The molecule has 0 saturated carbocycles. The van der Waals surface area contributed by atoms with E-state index >= 15 is 0 Å². The summed E-state index contributed by atoms with van der Waals surface area (Å²) in [5, 5.41) is 7.52. The molecule has 0 saturated heterocycles. The van der Waals surface area contributed by atoms with Crippen LogP contribution < -0.4 is 10.6 Å². The summed E-state index contributed by atoms with van der Waals surface area (Å²) < 4.78 is 1.56. The number of rotatable bonds is 3. The molecule has 8 heteroatoms. The molecular weight excluding hydrogens is 226 g/mol. The quantitative estimate of drug-likeness (QED) is 0.757. The third kappa shape index (κ3) is 1.88. The van der Waals surface area contributed by atoms with Crippen LogP contribution in [0.4, 0.5) is 10.6 Å². The average Bonchev–Trinajstić information content (AvgIpc) is 2.73. The summed E-state index contributed by atoms with van der Waals surface area (Å²) >= 11 is 0. The maximum Gasteiger partial charge on any atom is 0.320 e. The highest BCUT2D eigenvalue weighted by Gasteiger charge is 2.26. The lowest BCUT2D eigenvalue weighted by atomic mass is 10.2. The van der Waals surface area contributed by atoms with Crippen molar-refractivity contribution in [2.24, 2.45) is 5.18 Å². The number of fused-ring (bicyclic) bond motifs is 1. The van der Waals surface area contributed by atoms with Crippen molar-refractivity contribution in [3.8, 4) is 0 Å². The minimum Gasteiger partial charge on any atom is -0.332 e. The van der Waals surface area contributed by atoms with Gasteiger partial charge in [-0.15, -0.1) is 4.91 Å². The first kappa shape index (κ1) is 11.2. The highest BCUT2D eigenvalue weighted by atomic mass is 16.3. The van der Waals surface area contributed by atoms with Crippen LogP contribution in [0.1, 0.15) is 25.1 Å². The van der Waals surface area contributed by atoms with Crippen LogP contribution in [0.25, 0.3) is 0 Å². The fraction of sp³-hybridized carbons (Fsp3) is 0.444. The van der Waals surface area contributed by atoms with Gasteiger partial charge >= 0.3 is 11.9 Å². The number of nitrogens with zero attached hydrogens (tertiary/aromatic N) is 3. The number of carbonyl (C=O) groups is 2. The topological polar surface area (TPSA) is 105 Å². The Balaban J connectivity index is 2.36. The van der Waals surface area contributed by atoms with E-state index in [4.69, 9.17) is 0 Å². The Morgan fingerprint density at radius 2 is 2.47 bits per heavy atom. The van der Waals surface area contributed by atoms with E-state index in [1.54, 1.807) is 11.5 Å². The molecule has 2 rings (SSSR count). The predicted molar refractivity (Wildman–Crippen MR) is 58.2 cm³/mol. The fourth-order valence-electron chi connectivity index (χ4n) is 1.80. The monoisotopic (exact) mass is 237 g/mol. The molecule has 1 atom stereocenters. The highest BCUT2D eigenvalue weighted by Crippen LogP contribution is 2.23. The maximum absolute atomic E-state index is 11.4. The van der Waals surface area contributed by atoms with Crippen LogP contribution in [0.5, 0.6) is 0 Å². The first-order valence-electron chi connectivity index (χ1n) is 5.15. The zero-order chi connectivity index (χ0) is 12.4. The molecule has 2 N–H and O–H groups in total. The Bertz CT molecular complexity index is 481. The Hall–Kier alpha value is -2.25. The molecule has 8 nitrogen and oxygen atoms in total. The second kappa shape index (κ2) is 4.32. The molecule has 0 fully saturated rings. The van der Waals surface area contributed by atoms with Crippen molar-refractivity contribution < 1.29 is 9.59 Å². The van der Waals surface area contributed by atoms with Gasteiger partial charge in [0.05, 0.1) is 18.6 Å². The number of carbonyl (C=O) groups excluding carboxylic acids is 2. The number of nitrogens with one attached hydrogen (secondary N) is 2. The number of aromatic nitrogens is 2. The standard InChI is InChI=1S/C9H11N5O3/c1-2-5(8(15)13-17)14-4-11-7-6(14)3-10-9(16)12-7/h4-5H,2-3H2,1H3,(H2,10,12,16). The summed E-state index contributed by atoms with van der Waals surface area (Å²) in [6, 6.07) is -1.00. The molecule has 0 aliphatic carbocycles. The second-order valence-corrected chi connectivity index (χ2v) is 3.61. The summed E-state index contributed by atoms with van der Waals surface area (Å²) in [5.74, 6) is -0.338. The number of imidazole rings is 1. The van der Waals surface area contributed by atoms with Crippen LogP contribution in [0.3, 0.4) is 0 Å². The van der Waals surface area contributed by atoms with Gasteiger partial charge in [0.2, 0.25) is 0 Å². The fourth-order valence-corrected chi connectivity index (χ4v) is 1.80.